The summed E-state index contributed by atoms with van der Waals surface area (Å²) in [6, 6.07) is 12.4. The maximum absolute atomic E-state index is 12.5. The molecule has 1 aliphatic heterocycles. The molecule has 0 atom stereocenters. The summed E-state index contributed by atoms with van der Waals surface area (Å²) in [5, 5.41) is 0. The zero-order valence-corrected chi connectivity index (χ0v) is 12.9. The number of rotatable bonds is 3. The van der Waals surface area contributed by atoms with Gasteiger partial charge in [0.25, 0.3) is 5.91 Å². The highest BCUT2D eigenvalue weighted by Gasteiger charge is 2.24. The van der Waals surface area contributed by atoms with Gasteiger partial charge in [-0.25, -0.2) is 9.97 Å². The molecule has 1 fully saturated rings. The number of aryl methyl sites for hydroxylation is 1. The minimum absolute atomic E-state index is 0.0312. The van der Waals surface area contributed by atoms with Crippen LogP contribution in [0.4, 0.5) is 0 Å². The van der Waals surface area contributed by atoms with Gasteiger partial charge in [-0.05, 0) is 43.7 Å². The molecule has 0 unspecified atom stereocenters. The van der Waals surface area contributed by atoms with Gasteiger partial charge in [0, 0.05) is 18.8 Å². The average molecular weight is 295 g/mol. The first-order valence-electron chi connectivity index (χ1n) is 7.84. The number of piperidine rings is 1. The van der Waals surface area contributed by atoms with E-state index >= 15 is 0 Å². The van der Waals surface area contributed by atoms with Crippen LogP contribution in [0.1, 0.15) is 34.6 Å². The van der Waals surface area contributed by atoms with Crippen LogP contribution in [0.25, 0.3) is 0 Å². The van der Waals surface area contributed by atoms with Gasteiger partial charge in [0.1, 0.15) is 12.0 Å². The Balaban J connectivity index is 1.56. The second-order valence-corrected chi connectivity index (χ2v) is 5.97. The Bertz CT molecular complexity index is 634. The molecule has 4 nitrogen and oxygen atoms in total. The fourth-order valence-corrected chi connectivity index (χ4v) is 3.02. The largest absolute Gasteiger partial charge is 0.337 e. The molecule has 0 bridgehead atoms. The predicted molar refractivity (Wildman–Crippen MR) is 85.5 cm³/mol. The number of aromatic nitrogens is 2. The van der Waals surface area contributed by atoms with Crippen LogP contribution in [-0.2, 0) is 6.42 Å². The molecule has 1 aromatic carbocycles. The molecule has 114 valence electrons. The first-order valence-corrected chi connectivity index (χ1v) is 7.84. The van der Waals surface area contributed by atoms with Crippen molar-refractivity contribution in [3.8, 4) is 0 Å². The third-order valence-electron chi connectivity index (χ3n) is 4.29. The lowest BCUT2D eigenvalue weighted by atomic mass is 9.90. The van der Waals surface area contributed by atoms with Crippen LogP contribution in [0.5, 0.6) is 0 Å². The van der Waals surface area contributed by atoms with Crippen molar-refractivity contribution in [2.45, 2.75) is 26.2 Å². The molecular formula is C18H21N3O. The summed E-state index contributed by atoms with van der Waals surface area (Å²) in [7, 11) is 0. The number of likely N-dealkylation sites (tertiary alicyclic amines) is 1. The van der Waals surface area contributed by atoms with E-state index in [0.29, 0.717) is 11.6 Å². The molecular weight excluding hydrogens is 274 g/mol. The van der Waals surface area contributed by atoms with E-state index in [2.05, 4.69) is 40.3 Å². The van der Waals surface area contributed by atoms with E-state index in [1.807, 2.05) is 11.8 Å². The van der Waals surface area contributed by atoms with Gasteiger partial charge in [-0.1, -0.05) is 30.3 Å². The quantitative estimate of drug-likeness (QED) is 0.874. The van der Waals surface area contributed by atoms with Crippen molar-refractivity contribution >= 4 is 5.91 Å². The fourth-order valence-electron chi connectivity index (χ4n) is 3.02. The number of amides is 1. The summed E-state index contributed by atoms with van der Waals surface area (Å²) in [5.74, 6) is 0.697. The van der Waals surface area contributed by atoms with Gasteiger partial charge < -0.3 is 4.90 Å². The van der Waals surface area contributed by atoms with Crippen molar-refractivity contribution in [2.75, 3.05) is 13.1 Å². The Labute approximate surface area is 131 Å². The summed E-state index contributed by atoms with van der Waals surface area (Å²) in [4.78, 5) is 22.5. The van der Waals surface area contributed by atoms with Crippen LogP contribution < -0.4 is 0 Å². The van der Waals surface area contributed by atoms with Crippen LogP contribution in [0, 0.1) is 12.8 Å². The van der Waals surface area contributed by atoms with Gasteiger partial charge in [-0.15, -0.1) is 0 Å². The SMILES string of the molecule is Cc1cc(C(=O)N2CCC(Cc3ccccc3)CC2)ncn1. The van der Waals surface area contributed by atoms with Crippen LogP contribution in [0.3, 0.4) is 0 Å². The Kier molecular flexibility index (Phi) is 4.47. The molecule has 0 N–H and O–H groups in total. The molecule has 0 aliphatic carbocycles. The Hall–Kier alpha value is -2.23. The highest BCUT2D eigenvalue weighted by molar-refractivity contribution is 5.92. The van der Waals surface area contributed by atoms with Crippen molar-refractivity contribution in [2.24, 2.45) is 5.92 Å². The van der Waals surface area contributed by atoms with E-state index < -0.39 is 0 Å². The smallest absolute Gasteiger partial charge is 0.272 e. The minimum atomic E-state index is 0.0312. The van der Waals surface area contributed by atoms with Crippen LogP contribution in [0.2, 0.25) is 0 Å². The average Bonchev–Trinajstić information content (AvgIpc) is 2.56. The van der Waals surface area contributed by atoms with Gasteiger partial charge in [-0.3, -0.25) is 4.79 Å². The van der Waals surface area contributed by atoms with Gasteiger partial charge >= 0.3 is 0 Å². The monoisotopic (exact) mass is 295 g/mol. The van der Waals surface area contributed by atoms with Crippen LogP contribution in [-0.4, -0.2) is 33.9 Å². The van der Waals surface area contributed by atoms with Gasteiger partial charge in [0.15, 0.2) is 0 Å². The molecule has 22 heavy (non-hydrogen) atoms. The third-order valence-corrected chi connectivity index (χ3v) is 4.29. The first kappa shape index (κ1) is 14.7. The molecule has 0 saturated carbocycles. The predicted octanol–water partition coefficient (Wildman–Crippen LogP) is 2.88. The number of hydrogen-bond donors (Lipinski definition) is 0. The van der Waals surface area contributed by atoms with E-state index in [1.54, 1.807) is 6.07 Å². The molecule has 4 heteroatoms. The zero-order chi connectivity index (χ0) is 15.4. The Morgan fingerprint density at radius 2 is 1.91 bits per heavy atom. The van der Waals surface area contributed by atoms with Crippen molar-refractivity contribution in [3.63, 3.8) is 0 Å². The van der Waals surface area contributed by atoms with E-state index in [0.717, 1.165) is 38.0 Å². The minimum Gasteiger partial charge on any atom is -0.337 e. The molecule has 0 spiro atoms. The lowest BCUT2D eigenvalue weighted by Gasteiger charge is -2.32. The molecule has 1 amide bonds. The number of nitrogens with zero attached hydrogens (tertiary/aromatic N) is 3. The molecule has 1 aromatic heterocycles. The number of carbonyl (C=O) groups excluding carboxylic acids is 1. The van der Waals surface area contributed by atoms with Gasteiger partial charge in [-0.2, -0.15) is 0 Å². The highest BCUT2D eigenvalue weighted by Crippen LogP contribution is 2.22. The normalized spacial score (nSPS) is 15.8. The molecule has 0 radical (unpaired) electrons. The lowest BCUT2D eigenvalue weighted by Crippen LogP contribution is -2.39. The Morgan fingerprint density at radius 3 is 2.59 bits per heavy atom. The zero-order valence-electron chi connectivity index (χ0n) is 12.9. The maximum atomic E-state index is 12.5. The maximum Gasteiger partial charge on any atom is 0.272 e. The second kappa shape index (κ2) is 6.69. The van der Waals surface area contributed by atoms with Crippen molar-refractivity contribution in [1.29, 1.82) is 0 Å². The summed E-state index contributed by atoms with van der Waals surface area (Å²) in [6.45, 7) is 3.52. The van der Waals surface area contributed by atoms with Gasteiger partial charge in [0.2, 0.25) is 0 Å². The van der Waals surface area contributed by atoms with Crippen molar-refractivity contribution in [3.05, 3.63) is 59.7 Å². The molecule has 1 aliphatic rings. The fraction of sp³-hybridized carbons (Fsp3) is 0.389. The van der Waals surface area contributed by atoms with Crippen molar-refractivity contribution < 1.29 is 4.79 Å². The summed E-state index contributed by atoms with van der Waals surface area (Å²) < 4.78 is 0. The number of hydrogen-bond acceptors (Lipinski definition) is 3. The number of benzene rings is 1. The van der Waals surface area contributed by atoms with E-state index in [9.17, 15) is 4.79 Å². The van der Waals surface area contributed by atoms with Crippen molar-refractivity contribution in [1.82, 2.24) is 14.9 Å². The molecule has 2 heterocycles. The van der Waals surface area contributed by atoms with Crippen LogP contribution in [0.15, 0.2) is 42.7 Å². The third kappa shape index (κ3) is 3.50. The van der Waals surface area contributed by atoms with E-state index in [-0.39, 0.29) is 5.91 Å². The van der Waals surface area contributed by atoms with E-state index in [4.69, 9.17) is 0 Å². The molecule has 1 saturated heterocycles. The number of carbonyl (C=O) groups is 1. The summed E-state index contributed by atoms with van der Waals surface area (Å²) in [5.41, 5.74) is 2.73. The standard InChI is InChI=1S/C18H21N3O/c1-14-11-17(20-13-19-14)18(22)21-9-7-16(8-10-21)12-15-5-3-2-4-6-15/h2-6,11,13,16H,7-10,12H2,1H3. The van der Waals surface area contributed by atoms with Gasteiger partial charge in [0.05, 0.1) is 0 Å². The Morgan fingerprint density at radius 1 is 1.18 bits per heavy atom. The topological polar surface area (TPSA) is 46.1 Å². The summed E-state index contributed by atoms with van der Waals surface area (Å²) >= 11 is 0. The second-order valence-electron chi connectivity index (χ2n) is 5.97. The van der Waals surface area contributed by atoms with E-state index in [1.165, 1.54) is 11.9 Å². The molecule has 3 rings (SSSR count). The molecule has 2 aromatic rings. The highest BCUT2D eigenvalue weighted by atomic mass is 16.2. The first-order chi connectivity index (χ1) is 10.7. The lowest BCUT2D eigenvalue weighted by molar-refractivity contribution is 0.0684. The summed E-state index contributed by atoms with van der Waals surface area (Å²) in [6.07, 6.45) is 4.69. The van der Waals surface area contributed by atoms with Crippen LogP contribution >= 0.6 is 0 Å².